The molecule has 3 aliphatic rings. The summed E-state index contributed by atoms with van der Waals surface area (Å²) in [6.45, 7) is 7.90. The molecule has 0 aromatic carbocycles. The Morgan fingerprint density at radius 1 is 1.27 bits per heavy atom. The maximum Gasteiger partial charge on any atom is 0.314 e. The van der Waals surface area contributed by atoms with Gasteiger partial charge in [-0.15, -0.1) is 0 Å². The number of amides is 1. The number of carbonyl (C=O) groups excluding carboxylic acids is 2. The smallest absolute Gasteiger partial charge is 0.314 e. The lowest BCUT2D eigenvalue weighted by molar-refractivity contribution is -0.157. The van der Waals surface area contributed by atoms with Gasteiger partial charge in [0.15, 0.2) is 5.76 Å². The Hall–Kier alpha value is -2.12. The molecule has 1 unspecified atom stereocenters. The molecule has 0 spiro atoms. The van der Waals surface area contributed by atoms with Crippen LogP contribution >= 0.6 is 0 Å². The molecule has 4 rings (SSSR count). The van der Waals surface area contributed by atoms with Gasteiger partial charge in [0, 0.05) is 25.7 Å². The Labute approximate surface area is 178 Å². The second-order valence-corrected chi connectivity index (χ2v) is 8.44. The number of morpholine rings is 1. The molecule has 3 atom stereocenters. The predicted octanol–water partition coefficient (Wildman–Crippen LogP) is 3.18. The zero-order valence-electron chi connectivity index (χ0n) is 18.0. The number of hydrogen-bond acceptors (Lipinski definition) is 6. The van der Waals surface area contributed by atoms with Gasteiger partial charge in [-0.25, -0.2) is 0 Å². The molecule has 0 bridgehead atoms. The van der Waals surface area contributed by atoms with E-state index in [4.69, 9.17) is 13.9 Å². The number of hydrogen-bond donors (Lipinski definition) is 0. The molecule has 3 heterocycles. The highest BCUT2D eigenvalue weighted by Gasteiger charge is 2.53. The van der Waals surface area contributed by atoms with Crippen molar-refractivity contribution in [1.29, 1.82) is 0 Å². The van der Waals surface area contributed by atoms with Crippen molar-refractivity contribution in [2.45, 2.75) is 51.6 Å². The largest absolute Gasteiger partial charge is 0.465 e. The number of allylic oxidation sites excluding steroid dienone is 1. The van der Waals surface area contributed by atoms with Crippen LogP contribution in [0.3, 0.4) is 0 Å². The van der Waals surface area contributed by atoms with Crippen LogP contribution in [0.2, 0.25) is 0 Å². The molecule has 1 aromatic rings. The number of rotatable bonds is 5. The van der Waals surface area contributed by atoms with E-state index in [2.05, 4.69) is 11.8 Å². The molecular formula is C23H32N2O5. The number of furan rings is 1. The van der Waals surface area contributed by atoms with Gasteiger partial charge in [0.05, 0.1) is 31.3 Å². The molecule has 0 N–H and O–H groups in total. The van der Waals surface area contributed by atoms with Crippen LogP contribution in [0.5, 0.6) is 0 Å². The first-order chi connectivity index (χ1) is 14.6. The van der Waals surface area contributed by atoms with Crippen molar-refractivity contribution in [1.82, 2.24) is 9.80 Å². The van der Waals surface area contributed by atoms with Crippen molar-refractivity contribution in [3.63, 3.8) is 0 Å². The highest BCUT2D eigenvalue weighted by molar-refractivity contribution is 5.93. The summed E-state index contributed by atoms with van der Waals surface area (Å²) in [6, 6.07) is 3.59. The minimum Gasteiger partial charge on any atom is -0.465 e. The van der Waals surface area contributed by atoms with E-state index in [1.807, 2.05) is 30.0 Å². The fourth-order valence-corrected chi connectivity index (χ4v) is 5.15. The normalized spacial score (nSPS) is 28.1. The van der Waals surface area contributed by atoms with Gasteiger partial charge in [0.25, 0.3) is 5.91 Å². The van der Waals surface area contributed by atoms with Gasteiger partial charge >= 0.3 is 5.97 Å². The van der Waals surface area contributed by atoms with Crippen molar-refractivity contribution < 1.29 is 23.5 Å². The molecule has 2 fully saturated rings. The lowest BCUT2D eigenvalue weighted by Crippen LogP contribution is -2.50. The van der Waals surface area contributed by atoms with E-state index in [-0.39, 0.29) is 24.0 Å². The van der Waals surface area contributed by atoms with E-state index in [1.165, 1.54) is 0 Å². The van der Waals surface area contributed by atoms with Crippen LogP contribution in [0.15, 0.2) is 28.7 Å². The Bertz CT molecular complexity index is 797. The molecule has 7 nitrogen and oxygen atoms in total. The van der Waals surface area contributed by atoms with E-state index in [0.29, 0.717) is 38.5 Å². The van der Waals surface area contributed by atoms with Crippen LogP contribution in [0.4, 0.5) is 0 Å². The van der Waals surface area contributed by atoms with Crippen LogP contribution in [0, 0.1) is 5.41 Å². The monoisotopic (exact) mass is 416 g/mol. The average Bonchev–Trinajstić information content (AvgIpc) is 3.38. The van der Waals surface area contributed by atoms with Gasteiger partial charge in [-0.2, -0.15) is 0 Å². The molecule has 30 heavy (non-hydrogen) atoms. The maximum atomic E-state index is 13.4. The van der Waals surface area contributed by atoms with E-state index in [0.717, 1.165) is 38.1 Å². The molecule has 0 radical (unpaired) electrons. The lowest BCUT2D eigenvalue weighted by Gasteiger charge is -2.37. The van der Waals surface area contributed by atoms with E-state index in [9.17, 15) is 9.59 Å². The first kappa shape index (κ1) is 21.1. The van der Waals surface area contributed by atoms with Crippen LogP contribution < -0.4 is 0 Å². The maximum absolute atomic E-state index is 13.4. The molecular weight excluding hydrogens is 384 g/mol. The van der Waals surface area contributed by atoms with Gasteiger partial charge in [0.1, 0.15) is 5.76 Å². The Morgan fingerprint density at radius 2 is 2.07 bits per heavy atom. The second kappa shape index (κ2) is 8.94. The van der Waals surface area contributed by atoms with Gasteiger partial charge < -0.3 is 18.8 Å². The molecule has 1 saturated heterocycles. The fraction of sp³-hybridized carbons (Fsp3) is 0.652. The third-order valence-electron chi connectivity index (χ3n) is 6.85. The highest BCUT2D eigenvalue weighted by Crippen LogP contribution is 2.47. The molecule has 7 heteroatoms. The van der Waals surface area contributed by atoms with Gasteiger partial charge in [0.2, 0.25) is 0 Å². The van der Waals surface area contributed by atoms with Crippen molar-refractivity contribution >= 4 is 11.9 Å². The molecule has 1 aliphatic carbocycles. The number of ether oxygens (including phenoxy) is 2. The number of nitrogens with zero attached hydrogens (tertiary/aromatic N) is 2. The van der Waals surface area contributed by atoms with Crippen molar-refractivity contribution in [2.24, 2.45) is 5.41 Å². The molecule has 2 aliphatic heterocycles. The molecule has 1 amide bonds. The number of carbonyl (C=O) groups is 2. The van der Waals surface area contributed by atoms with Gasteiger partial charge in [-0.05, 0) is 45.2 Å². The summed E-state index contributed by atoms with van der Waals surface area (Å²) in [5.41, 5.74) is -0.644. The minimum atomic E-state index is -0.644. The van der Waals surface area contributed by atoms with E-state index < -0.39 is 5.41 Å². The van der Waals surface area contributed by atoms with Crippen molar-refractivity contribution in [3.05, 3.63) is 35.8 Å². The summed E-state index contributed by atoms with van der Waals surface area (Å²) in [7, 11) is 0. The van der Waals surface area contributed by atoms with Crippen molar-refractivity contribution in [2.75, 3.05) is 39.5 Å². The quantitative estimate of drug-likeness (QED) is 0.542. The Balaban J connectivity index is 1.54. The summed E-state index contributed by atoms with van der Waals surface area (Å²) < 4.78 is 16.9. The first-order valence-electron chi connectivity index (χ1n) is 11.1. The van der Waals surface area contributed by atoms with Gasteiger partial charge in [-0.3, -0.25) is 14.5 Å². The topological polar surface area (TPSA) is 72.2 Å². The summed E-state index contributed by atoms with van der Waals surface area (Å²) in [5, 5.41) is 0. The standard InChI is InChI=1S/C23H32N2O5/c1-3-29-22(27)23-10-4-5-12-25(20(23)7-6-11-23)21(26)19-9-8-18(30-19)17(2)24-13-15-28-16-14-24/h4-5,8-9,17,20H,3,6-7,10-16H2,1-2H3/t17?,20-,23-/m1/s1. The number of esters is 1. The average molecular weight is 417 g/mol. The third kappa shape index (κ3) is 3.81. The minimum absolute atomic E-state index is 0.0876. The highest BCUT2D eigenvalue weighted by atomic mass is 16.5. The predicted molar refractivity (Wildman–Crippen MR) is 111 cm³/mol. The third-order valence-corrected chi connectivity index (χ3v) is 6.85. The SMILES string of the molecule is CCOC(=O)[C@@]12CC=CCN(C(=O)c3ccc(C(C)N4CCOCC4)o3)[C@@H]1CCC2. The van der Waals surface area contributed by atoms with E-state index in [1.54, 1.807) is 6.07 Å². The lowest BCUT2D eigenvalue weighted by atomic mass is 9.79. The van der Waals surface area contributed by atoms with Crippen molar-refractivity contribution in [3.8, 4) is 0 Å². The summed E-state index contributed by atoms with van der Waals surface area (Å²) in [5.74, 6) is 0.791. The van der Waals surface area contributed by atoms with E-state index >= 15 is 0 Å². The molecule has 1 saturated carbocycles. The molecule has 1 aromatic heterocycles. The fourth-order valence-electron chi connectivity index (χ4n) is 5.15. The zero-order valence-corrected chi connectivity index (χ0v) is 18.0. The molecule has 164 valence electrons. The van der Waals surface area contributed by atoms with Crippen LogP contribution in [0.1, 0.15) is 61.9 Å². The summed E-state index contributed by atoms with van der Waals surface area (Å²) in [6.07, 6.45) is 7.11. The van der Waals surface area contributed by atoms with Crippen LogP contribution in [-0.4, -0.2) is 67.2 Å². The Morgan fingerprint density at radius 3 is 2.83 bits per heavy atom. The van der Waals surface area contributed by atoms with Crippen LogP contribution in [0.25, 0.3) is 0 Å². The number of fused-ring (bicyclic) bond motifs is 1. The summed E-state index contributed by atoms with van der Waals surface area (Å²) in [4.78, 5) is 30.5. The first-order valence-corrected chi connectivity index (χ1v) is 11.1. The Kier molecular flexibility index (Phi) is 6.29. The zero-order chi connectivity index (χ0) is 21.1. The summed E-state index contributed by atoms with van der Waals surface area (Å²) >= 11 is 0. The van der Waals surface area contributed by atoms with Gasteiger partial charge in [-0.1, -0.05) is 18.6 Å². The second-order valence-electron chi connectivity index (χ2n) is 8.44. The van der Waals surface area contributed by atoms with Crippen LogP contribution in [-0.2, 0) is 14.3 Å².